The van der Waals surface area contributed by atoms with Crippen LogP contribution in [0.2, 0.25) is 0 Å². The first-order valence-corrected chi connectivity index (χ1v) is 10.4. The van der Waals surface area contributed by atoms with Gasteiger partial charge in [0.15, 0.2) is 5.69 Å². The molecule has 7 heteroatoms. The number of rotatable bonds is 7. The Balaban J connectivity index is 1.46. The number of aryl methyl sites for hydroxylation is 1. The van der Waals surface area contributed by atoms with Crippen molar-refractivity contribution < 1.29 is 14.7 Å². The van der Waals surface area contributed by atoms with E-state index in [2.05, 4.69) is 18.3 Å². The number of carboxylic acid groups (broad SMARTS) is 1. The van der Waals surface area contributed by atoms with Crippen LogP contribution in [0.1, 0.15) is 53.5 Å². The van der Waals surface area contributed by atoms with Crippen molar-refractivity contribution in [2.45, 2.75) is 58.0 Å². The molecular weight excluding hydrogens is 368 g/mol. The lowest BCUT2D eigenvalue weighted by Crippen LogP contribution is -2.54. The fourth-order valence-electron chi connectivity index (χ4n) is 4.55. The number of nitrogens with zero attached hydrogens (tertiary/aromatic N) is 3. The number of benzene rings is 1. The van der Waals surface area contributed by atoms with Crippen LogP contribution in [-0.4, -0.2) is 56.8 Å². The van der Waals surface area contributed by atoms with Gasteiger partial charge in [0.25, 0.3) is 5.91 Å². The number of carbonyl (C=O) groups is 2. The fraction of sp³-hybridized carbons (Fsp3) is 0.500. The maximum atomic E-state index is 13.0. The number of nitrogens with one attached hydrogen (secondary N) is 1. The Morgan fingerprint density at radius 1 is 1.28 bits per heavy atom. The first-order valence-electron chi connectivity index (χ1n) is 10.4. The largest absolute Gasteiger partial charge is 0.480 e. The van der Waals surface area contributed by atoms with Gasteiger partial charge in [0.05, 0.1) is 12.2 Å². The van der Waals surface area contributed by atoms with Gasteiger partial charge in [-0.3, -0.25) is 14.5 Å². The minimum Gasteiger partial charge on any atom is -0.480 e. The molecule has 2 aromatic rings. The van der Waals surface area contributed by atoms with Gasteiger partial charge < -0.3 is 10.4 Å². The minimum absolute atomic E-state index is 0.0518. The number of para-hydroxylation sites is 1. The van der Waals surface area contributed by atoms with E-state index < -0.39 is 5.97 Å². The molecule has 0 radical (unpaired) electrons. The SMILES string of the molecule is CCN(CC(=O)O)C1CC(NC(=O)c2nn(-c3ccccc3C)c3c2CCC3)C1. The van der Waals surface area contributed by atoms with Crippen LogP contribution >= 0.6 is 0 Å². The van der Waals surface area contributed by atoms with Gasteiger partial charge in [0.1, 0.15) is 0 Å². The van der Waals surface area contributed by atoms with Crippen molar-refractivity contribution in [2.24, 2.45) is 0 Å². The Labute approximate surface area is 170 Å². The van der Waals surface area contributed by atoms with Crippen LogP contribution in [0, 0.1) is 6.92 Å². The maximum absolute atomic E-state index is 13.0. The number of amides is 1. The lowest BCUT2D eigenvalue weighted by atomic mass is 9.85. The second-order valence-electron chi connectivity index (χ2n) is 8.08. The molecule has 0 saturated heterocycles. The predicted octanol–water partition coefficient (Wildman–Crippen LogP) is 2.34. The number of aliphatic carboxylic acids is 1. The van der Waals surface area contributed by atoms with Crippen LogP contribution in [-0.2, 0) is 17.6 Å². The molecule has 0 aliphatic heterocycles. The molecular formula is C22H28N4O3. The second kappa shape index (κ2) is 7.99. The van der Waals surface area contributed by atoms with Crippen LogP contribution in [0.3, 0.4) is 0 Å². The van der Waals surface area contributed by atoms with E-state index >= 15 is 0 Å². The first kappa shape index (κ1) is 19.6. The molecule has 0 unspecified atom stereocenters. The van der Waals surface area contributed by atoms with Gasteiger partial charge in [0, 0.05) is 23.3 Å². The van der Waals surface area contributed by atoms with Crippen molar-refractivity contribution in [3.05, 3.63) is 46.8 Å². The summed E-state index contributed by atoms with van der Waals surface area (Å²) in [5.74, 6) is -0.920. The van der Waals surface area contributed by atoms with Crippen LogP contribution in [0.25, 0.3) is 5.69 Å². The Morgan fingerprint density at radius 2 is 2.03 bits per heavy atom. The highest BCUT2D eigenvalue weighted by Crippen LogP contribution is 2.30. The van der Waals surface area contributed by atoms with Crippen molar-refractivity contribution in [1.29, 1.82) is 0 Å². The smallest absolute Gasteiger partial charge is 0.317 e. The molecule has 1 fully saturated rings. The predicted molar refractivity (Wildman–Crippen MR) is 109 cm³/mol. The van der Waals surface area contributed by atoms with Gasteiger partial charge in [-0.05, 0) is 57.2 Å². The highest BCUT2D eigenvalue weighted by Gasteiger charge is 2.36. The molecule has 1 heterocycles. The summed E-state index contributed by atoms with van der Waals surface area (Å²) >= 11 is 0. The van der Waals surface area contributed by atoms with Crippen LogP contribution in [0.4, 0.5) is 0 Å². The van der Waals surface area contributed by atoms with Gasteiger partial charge >= 0.3 is 5.97 Å². The molecule has 1 aromatic heterocycles. The monoisotopic (exact) mass is 396 g/mol. The molecule has 0 spiro atoms. The number of aromatic nitrogens is 2. The molecule has 7 nitrogen and oxygen atoms in total. The maximum Gasteiger partial charge on any atom is 0.317 e. The summed E-state index contributed by atoms with van der Waals surface area (Å²) in [6, 6.07) is 8.40. The molecule has 0 atom stereocenters. The molecule has 2 aliphatic carbocycles. The van der Waals surface area contributed by atoms with Crippen molar-refractivity contribution in [3.8, 4) is 5.69 Å². The van der Waals surface area contributed by atoms with Crippen molar-refractivity contribution in [2.75, 3.05) is 13.1 Å². The van der Waals surface area contributed by atoms with E-state index in [0.717, 1.165) is 54.6 Å². The Hall–Kier alpha value is -2.67. The van der Waals surface area contributed by atoms with Gasteiger partial charge in [-0.1, -0.05) is 25.1 Å². The third kappa shape index (κ3) is 3.79. The Kier molecular flexibility index (Phi) is 5.41. The summed E-state index contributed by atoms with van der Waals surface area (Å²) in [4.78, 5) is 25.9. The first-order chi connectivity index (χ1) is 14.0. The summed E-state index contributed by atoms with van der Waals surface area (Å²) in [6.45, 7) is 4.78. The standard InChI is InChI=1S/C22H28N4O3/c1-3-25(13-20(27)28)16-11-15(12-16)23-22(29)21-17-8-6-10-19(17)26(24-21)18-9-5-4-7-14(18)2/h4-5,7,9,15-16H,3,6,8,10-13H2,1-2H3,(H,23,29)(H,27,28). The number of carbonyl (C=O) groups excluding carboxylic acids is 1. The van der Waals surface area contributed by atoms with Gasteiger partial charge in [0.2, 0.25) is 0 Å². The number of fused-ring (bicyclic) bond motifs is 1. The average Bonchev–Trinajstić information content (AvgIpc) is 3.25. The highest BCUT2D eigenvalue weighted by atomic mass is 16.4. The van der Waals surface area contributed by atoms with E-state index in [1.165, 1.54) is 0 Å². The van der Waals surface area contributed by atoms with Crippen LogP contribution < -0.4 is 5.32 Å². The lowest BCUT2D eigenvalue weighted by molar-refractivity contribution is -0.139. The average molecular weight is 396 g/mol. The molecule has 29 heavy (non-hydrogen) atoms. The minimum atomic E-state index is -0.809. The van der Waals surface area contributed by atoms with E-state index in [-0.39, 0.29) is 24.5 Å². The highest BCUT2D eigenvalue weighted by molar-refractivity contribution is 5.94. The van der Waals surface area contributed by atoms with E-state index in [0.29, 0.717) is 12.2 Å². The molecule has 154 valence electrons. The van der Waals surface area contributed by atoms with E-state index in [1.807, 2.05) is 34.7 Å². The van der Waals surface area contributed by atoms with Gasteiger partial charge in [-0.25, -0.2) is 4.68 Å². The number of carboxylic acids is 1. The Morgan fingerprint density at radius 3 is 2.72 bits per heavy atom. The summed E-state index contributed by atoms with van der Waals surface area (Å²) < 4.78 is 1.95. The van der Waals surface area contributed by atoms with E-state index in [4.69, 9.17) is 10.2 Å². The van der Waals surface area contributed by atoms with Gasteiger partial charge in [-0.2, -0.15) is 5.10 Å². The molecule has 2 N–H and O–H groups in total. The zero-order valence-corrected chi connectivity index (χ0v) is 17.0. The summed E-state index contributed by atoms with van der Waals surface area (Å²) in [5.41, 5.74) is 4.93. The van der Waals surface area contributed by atoms with Crippen LogP contribution in [0.5, 0.6) is 0 Å². The summed E-state index contributed by atoms with van der Waals surface area (Å²) in [5, 5.41) is 16.8. The normalized spacial score (nSPS) is 20.4. The topological polar surface area (TPSA) is 87.5 Å². The molecule has 1 amide bonds. The van der Waals surface area contributed by atoms with Crippen molar-refractivity contribution in [1.82, 2.24) is 20.0 Å². The van der Waals surface area contributed by atoms with Crippen molar-refractivity contribution >= 4 is 11.9 Å². The molecule has 1 saturated carbocycles. The number of hydrogen-bond acceptors (Lipinski definition) is 4. The van der Waals surface area contributed by atoms with Crippen LogP contribution in [0.15, 0.2) is 24.3 Å². The van der Waals surface area contributed by atoms with Crippen molar-refractivity contribution in [3.63, 3.8) is 0 Å². The molecule has 4 rings (SSSR count). The van der Waals surface area contributed by atoms with E-state index in [9.17, 15) is 9.59 Å². The number of hydrogen-bond donors (Lipinski definition) is 2. The third-order valence-electron chi connectivity index (χ3n) is 6.20. The van der Waals surface area contributed by atoms with Gasteiger partial charge in [-0.15, -0.1) is 0 Å². The molecule has 1 aromatic carbocycles. The fourth-order valence-corrected chi connectivity index (χ4v) is 4.55. The molecule has 0 bridgehead atoms. The zero-order valence-electron chi connectivity index (χ0n) is 17.0. The molecule has 2 aliphatic rings. The zero-order chi connectivity index (χ0) is 20.5. The number of likely N-dealkylation sites (N-methyl/N-ethyl adjacent to an activating group) is 1. The Bertz CT molecular complexity index is 930. The quantitative estimate of drug-likeness (QED) is 0.750. The summed E-state index contributed by atoms with van der Waals surface area (Å²) in [6.07, 6.45) is 4.45. The lowest BCUT2D eigenvalue weighted by Gasteiger charge is -2.42. The second-order valence-corrected chi connectivity index (χ2v) is 8.08. The summed E-state index contributed by atoms with van der Waals surface area (Å²) in [7, 11) is 0. The van der Waals surface area contributed by atoms with E-state index in [1.54, 1.807) is 0 Å². The third-order valence-corrected chi connectivity index (χ3v) is 6.20.